The molecule has 0 saturated carbocycles. The molecule has 7 heteroatoms. The van der Waals surface area contributed by atoms with Crippen molar-refractivity contribution in [3.05, 3.63) is 65.6 Å². The van der Waals surface area contributed by atoms with Crippen molar-refractivity contribution in [3.8, 4) is 11.3 Å². The van der Waals surface area contributed by atoms with E-state index in [0.717, 1.165) is 77.0 Å². The first-order chi connectivity index (χ1) is 16.6. The quantitative estimate of drug-likeness (QED) is 0.605. The van der Waals surface area contributed by atoms with Gasteiger partial charge in [0.1, 0.15) is 0 Å². The van der Waals surface area contributed by atoms with Gasteiger partial charge >= 0.3 is 0 Å². The van der Waals surface area contributed by atoms with E-state index in [1.807, 2.05) is 43.6 Å². The first kappa shape index (κ1) is 22.2. The highest BCUT2D eigenvalue weighted by molar-refractivity contribution is 6.09. The highest BCUT2D eigenvalue weighted by Crippen LogP contribution is 2.29. The minimum Gasteiger partial charge on any atom is -0.398 e. The average molecular weight is 456 g/mol. The van der Waals surface area contributed by atoms with Crippen molar-refractivity contribution in [2.75, 3.05) is 26.3 Å². The summed E-state index contributed by atoms with van der Waals surface area (Å²) in [6, 6.07) is 12.4. The molecule has 34 heavy (non-hydrogen) atoms. The minimum atomic E-state index is 0.245. The summed E-state index contributed by atoms with van der Waals surface area (Å²) in [7, 11) is 0. The van der Waals surface area contributed by atoms with Gasteiger partial charge in [0, 0.05) is 84.3 Å². The van der Waals surface area contributed by atoms with Gasteiger partial charge < -0.3 is 15.4 Å². The van der Waals surface area contributed by atoms with Crippen LogP contribution in [0.2, 0.25) is 0 Å². The Hall–Kier alpha value is -3.58. The fourth-order valence-corrected chi connectivity index (χ4v) is 4.63. The number of fused-ring (bicyclic) bond motifs is 1. The number of rotatable bonds is 4. The first-order valence-electron chi connectivity index (χ1n) is 11.8. The fourth-order valence-electron chi connectivity index (χ4n) is 4.63. The number of hydrogen-bond donors (Lipinski definition) is 1. The highest BCUT2D eigenvalue weighted by Gasteiger charge is 2.24. The number of amides is 1. The Kier molecular flexibility index (Phi) is 6.36. The summed E-state index contributed by atoms with van der Waals surface area (Å²) in [4.78, 5) is 27.5. The van der Waals surface area contributed by atoms with E-state index in [0.29, 0.717) is 25.2 Å². The number of nitrogens with zero attached hydrogens (tertiary/aromatic N) is 4. The molecule has 7 nitrogen and oxygen atoms in total. The third-order valence-electron chi connectivity index (χ3n) is 6.61. The Labute approximate surface area is 199 Å². The van der Waals surface area contributed by atoms with Gasteiger partial charge in [0.05, 0.1) is 11.7 Å². The van der Waals surface area contributed by atoms with Crippen molar-refractivity contribution in [1.82, 2.24) is 14.9 Å². The van der Waals surface area contributed by atoms with Gasteiger partial charge in [0.2, 0.25) is 6.41 Å². The van der Waals surface area contributed by atoms with Crippen molar-refractivity contribution in [2.24, 2.45) is 10.7 Å². The number of carbonyl (C=O) groups excluding carboxylic acids is 1. The summed E-state index contributed by atoms with van der Waals surface area (Å²) >= 11 is 0. The van der Waals surface area contributed by atoms with Crippen LogP contribution in [0.3, 0.4) is 0 Å². The van der Waals surface area contributed by atoms with Crippen LogP contribution in [-0.2, 0) is 9.53 Å². The maximum atomic E-state index is 11.6. The summed E-state index contributed by atoms with van der Waals surface area (Å²) in [5.74, 6) is 0. The molecule has 1 aromatic carbocycles. The van der Waals surface area contributed by atoms with E-state index in [4.69, 9.17) is 20.4 Å². The van der Waals surface area contributed by atoms with Gasteiger partial charge in [-0.15, -0.1) is 0 Å². The van der Waals surface area contributed by atoms with E-state index < -0.39 is 0 Å². The largest absolute Gasteiger partial charge is 0.398 e. The standard InChI is InChI=1S/C27H29N5O2/c1-18-5-6-20(14-29-18)26-13-19-3-2-4-22(23(19)15-30-26)27(28)24-16-32(17-33)10-7-25(24)31-21-8-11-34-12-9-21/h2-6,13-15,17,21H,7-12,16,28H2,1H3/b27-24-,31-25?. The molecule has 4 heterocycles. The maximum absolute atomic E-state index is 11.6. The number of aromatic nitrogens is 2. The number of likely N-dealkylation sites (tertiary alicyclic amines) is 1. The third-order valence-corrected chi connectivity index (χ3v) is 6.61. The second kappa shape index (κ2) is 9.73. The number of aryl methyl sites for hydroxylation is 1. The van der Waals surface area contributed by atoms with Crippen LogP contribution in [0.4, 0.5) is 0 Å². The molecule has 0 bridgehead atoms. The van der Waals surface area contributed by atoms with Gasteiger partial charge in [0.15, 0.2) is 0 Å². The zero-order chi connectivity index (χ0) is 23.5. The van der Waals surface area contributed by atoms with Crippen LogP contribution in [0, 0.1) is 6.92 Å². The van der Waals surface area contributed by atoms with Crippen LogP contribution in [0.1, 0.15) is 30.5 Å². The molecule has 1 amide bonds. The topological polar surface area (TPSA) is 93.7 Å². The molecule has 0 radical (unpaired) electrons. The van der Waals surface area contributed by atoms with Crippen molar-refractivity contribution in [1.29, 1.82) is 0 Å². The summed E-state index contributed by atoms with van der Waals surface area (Å²) < 4.78 is 5.49. The van der Waals surface area contributed by atoms with Crippen LogP contribution < -0.4 is 5.73 Å². The molecule has 2 aromatic heterocycles. The zero-order valence-electron chi connectivity index (χ0n) is 19.4. The Morgan fingerprint density at radius 1 is 1.18 bits per heavy atom. The third kappa shape index (κ3) is 4.56. The molecular weight excluding hydrogens is 426 g/mol. The number of nitrogens with two attached hydrogens (primary N) is 1. The van der Waals surface area contributed by atoms with E-state index in [2.05, 4.69) is 17.1 Å². The van der Waals surface area contributed by atoms with Gasteiger partial charge in [-0.2, -0.15) is 0 Å². The fraction of sp³-hybridized carbons (Fsp3) is 0.333. The zero-order valence-corrected chi connectivity index (χ0v) is 19.4. The lowest BCUT2D eigenvalue weighted by molar-refractivity contribution is -0.117. The molecule has 2 saturated heterocycles. The molecule has 174 valence electrons. The molecule has 0 aliphatic carbocycles. The number of hydrogen-bond acceptors (Lipinski definition) is 6. The van der Waals surface area contributed by atoms with Gasteiger partial charge in [-0.3, -0.25) is 19.8 Å². The van der Waals surface area contributed by atoms with Crippen LogP contribution >= 0.6 is 0 Å². The number of benzene rings is 1. The Balaban J connectivity index is 1.56. The lowest BCUT2D eigenvalue weighted by Crippen LogP contribution is -2.37. The van der Waals surface area contributed by atoms with Gasteiger partial charge in [-0.25, -0.2) is 0 Å². The van der Waals surface area contributed by atoms with E-state index >= 15 is 0 Å². The predicted octanol–water partition coefficient (Wildman–Crippen LogP) is 3.76. The van der Waals surface area contributed by atoms with Crippen LogP contribution in [0.15, 0.2) is 59.4 Å². The molecule has 0 spiro atoms. The number of aliphatic imine (C=N–C) groups is 1. The highest BCUT2D eigenvalue weighted by atomic mass is 16.5. The van der Waals surface area contributed by atoms with E-state index in [-0.39, 0.29) is 6.04 Å². The van der Waals surface area contributed by atoms with Gasteiger partial charge in [0.25, 0.3) is 0 Å². The lowest BCUT2D eigenvalue weighted by Gasteiger charge is -2.30. The number of pyridine rings is 2. The number of piperidine rings is 1. The smallest absolute Gasteiger partial charge is 0.210 e. The monoisotopic (exact) mass is 455 g/mol. The molecule has 2 N–H and O–H groups in total. The Bertz CT molecular complexity index is 1260. The van der Waals surface area contributed by atoms with E-state index in [1.165, 1.54) is 0 Å². The Morgan fingerprint density at radius 2 is 2.03 bits per heavy atom. The van der Waals surface area contributed by atoms with Crippen LogP contribution in [0.25, 0.3) is 27.7 Å². The summed E-state index contributed by atoms with van der Waals surface area (Å²) in [5, 5.41) is 2.03. The second-order valence-electron chi connectivity index (χ2n) is 8.92. The van der Waals surface area contributed by atoms with Crippen LogP contribution in [0.5, 0.6) is 0 Å². The van der Waals surface area contributed by atoms with E-state index in [9.17, 15) is 4.79 Å². The molecule has 0 atom stereocenters. The summed E-state index contributed by atoms with van der Waals surface area (Å²) in [5.41, 5.74) is 13.2. The maximum Gasteiger partial charge on any atom is 0.210 e. The molecular formula is C27H29N5O2. The SMILES string of the molecule is Cc1ccc(-c2cc3cccc(/C(N)=C4\CN(C=O)CCC4=NC4CCOCC4)c3cn2)cn1. The van der Waals surface area contributed by atoms with Crippen molar-refractivity contribution >= 4 is 28.6 Å². The van der Waals surface area contributed by atoms with Gasteiger partial charge in [-0.1, -0.05) is 18.2 Å². The summed E-state index contributed by atoms with van der Waals surface area (Å²) in [6.07, 6.45) is 7.16. The molecule has 2 aliphatic rings. The lowest BCUT2D eigenvalue weighted by atomic mass is 9.94. The van der Waals surface area contributed by atoms with Crippen molar-refractivity contribution < 1.29 is 9.53 Å². The van der Waals surface area contributed by atoms with Crippen LogP contribution in [-0.4, -0.2) is 59.3 Å². The van der Waals surface area contributed by atoms with Crippen molar-refractivity contribution in [2.45, 2.75) is 32.2 Å². The molecule has 2 aliphatic heterocycles. The number of ether oxygens (including phenoxy) is 1. The van der Waals surface area contributed by atoms with E-state index in [1.54, 1.807) is 4.90 Å². The normalized spacial score (nSPS) is 20.0. The predicted molar refractivity (Wildman–Crippen MR) is 134 cm³/mol. The second-order valence-corrected chi connectivity index (χ2v) is 8.92. The summed E-state index contributed by atoms with van der Waals surface area (Å²) in [6.45, 7) is 4.58. The molecule has 0 unspecified atom stereocenters. The van der Waals surface area contributed by atoms with Gasteiger partial charge in [-0.05, 0) is 43.4 Å². The number of carbonyl (C=O) groups is 1. The molecule has 2 fully saturated rings. The first-order valence-corrected chi connectivity index (χ1v) is 11.8. The van der Waals surface area contributed by atoms with Crippen molar-refractivity contribution in [3.63, 3.8) is 0 Å². The molecule has 5 rings (SSSR count). The Morgan fingerprint density at radius 3 is 2.79 bits per heavy atom. The minimum absolute atomic E-state index is 0.245. The molecule has 3 aromatic rings. The average Bonchev–Trinajstić information content (AvgIpc) is 2.89.